The van der Waals surface area contributed by atoms with Gasteiger partial charge in [0.1, 0.15) is 10.3 Å². The Bertz CT molecular complexity index is 1450. The molecule has 2 aliphatic rings. The molecule has 1 amide bonds. The van der Waals surface area contributed by atoms with E-state index in [1.807, 2.05) is 0 Å². The molecule has 2 aliphatic carbocycles. The van der Waals surface area contributed by atoms with Gasteiger partial charge in [0.2, 0.25) is 11.8 Å². The van der Waals surface area contributed by atoms with Gasteiger partial charge in [-0.3, -0.25) is 9.59 Å². The van der Waals surface area contributed by atoms with E-state index >= 15 is 0 Å². The number of carbonyl (C=O) groups excluding carboxylic acids is 1. The summed E-state index contributed by atoms with van der Waals surface area (Å²) >= 11 is 1.21. The van der Waals surface area contributed by atoms with Crippen LogP contribution in [-0.4, -0.2) is 41.6 Å². The molecule has 0 aliphatic heterocycles. The molecule has 36 heavy (non-hydrogen) atoms. The van der Waals surface area contributed by atoms with Crippen LogP contribution in [0, 0.1) is 12.8 Å². The fourth-order valence-corrected chi connectivity index (χ4v) is 7.89. The maximum atomic E-state index is 13.8. The lowest BCUT2D eigenvalue weighted by Gasteiger charge is -2.26. The van der Waals surface area contributed by atoms with Crippen molar-refractivity contribution in [1.82, 2.24) is 15.0 Å². The second-order valence-corrected chi connectivity index (χ2v) is 13.0. The number of fused-ring (bicyclic) bond motifs is 1. The number of sulfone groups is 1. The molecule has 2 fully saturated rings. The number of aromatic amines is 1. The molecule has 11 heteroatoms. The SMILES string of the molecule is COc1ccc2nc(NC(=O)[C@@H](CC3CCCCC3)c3c(S(=O)(=O)C4CC4)cc(C)[nH]c3=O)sc2n1. The summed E-state index contributed by atoms with van der Waals surface area (Å²) in [6.07, 6.45) is 6.80. The molecule has 0 unspecified atom stereocenters. The number of nitrogens with zero attached hydrogens (tertiary/aromatic N) is 2. The van der Waals surface area contributed by atoms with E-state index in [4.69, 9.17) is 4.74 Å². The minimum atomic E-state index is -3.70. The Morgan fingerprint density at radius 3 is 2.64 bits per heavy atom. The fraction of sp³-hybridized carbons (Fsp3) is 0.520. The van der Waals surface area contributed by atoms with Crippen LogP contribution < -0.4 is 15.6 Å². The second kappa shape index (κ2) is 9.93. The quantitative estimate of drug-likeness (QED) is 0.443. The average molecular weight is 531 g/mol. The van der Waals surface area contributed by atoms with Crippen LogP contribution >= 0.6 is 11.3 Å². The van der Waals surface area contributed by atoms with Crippen molar-refractivity contribution in [3.8, 4) is 5.88 Å². The number of pyridine rings is 2. The summed E-state index contributed by atoms with van der Waals surface area (Å²) in [5.41, 5.74) is 0.619. The first-order valence-corrected chi connectivity index (χ1v) is 14.7. The first-order chi connectivity index (χ1) is 17.3. The molecular formula is C25H30N4O5S2. The number of H-pyrrole nitrogens is 1. The van der Waals surface area contributed by atoms with E-state index in [1.54, 1.807) is 19.1 Å². The number of hydrogen-bond donors (Lipinski definition) is 2. The molecule has 9 nitrogen and oxygen atoms in total. The Kier molecular flexibility index (Phi) is 6.86. The monoisotopic (exact) mass is 530 g/mol. The molecule has 5 rings (SSSR count). The van der Waals surface area contributed by atoms with E-state index < -0.39 is 32.5 Å². The first-order valence-electron chi connectivity index (χ1n) is 12.4. The standard InChI is InChI=1S/C25H30N4O5S2/c1-14-12-19(36(32,33)16-8-9-16)21(23(31)26-14)17(13-15-6-4-3-5-7-15)22(30)29-25-27-18-10-11-20(34-2)28-24(18)35-25/h10-12,15-17H,3-9,13H2,1-2H3,(H,26,31)(H,27,29,30)/t17-/m0/s1. The zero-order valence-electron chi connectivity index (χ0n) is 20.4. The summed E-state index contributed by atoms with van der Waals surface area (Å²) in [4.78, 5) is 39.2. The third-order valence-electron chi connectivity index (χ3n) is 7.07. The van der Waals surface area contributed by atoms with Gasteiger partial charge in [0.25, 0.3) is 5.56 Å². The number of carbonyl (C=O) groups is 1. The molecule has 2 saturated carbocycles. The van der Waals surface area contributed by atoms with Crippen molar-refractivity contribution in [3.05, 3.63) is 39.8 Å². The van der Waals surface area contributed by atoms with Gasteiger partial charge in [-0.15, -0.1) is 0 Å². The lowest BCUT2D eigenvalue weighted by molar-refractivity contribution is -0.118. The molecule has 1 atom stereocenters. The van der Waals surface area contributed by atoms with Crippen LogP contribution in [0.5, 0.6) is 5.88 Å². The number of thiazole rings is 1. The van der Waals surface area contributed by atoms with Gasteiger partial charge < -0.3 is 15.0 Å². The summed E-state index contributed by atoms with van der Waals surface area (Å²) in [7, 11) is -2.17. The molecule has 0 spiro atoms. The van der Waals surface area contributed by atoms with Crippen LogP contribution in [0.4, 0.5) is 5.13 Å². The van der Waals surface area contributed by atoms with E-state index in [9.17, 15) is 18.0 Å². The highest BCUT2D eigenvalue weighted by atomic mass is 32.2. The summed E-state index contributed by atoms with van der Waals surface area (Å²) < 4.78 is 31.9. The summed E-state index contributed by atoms with van der Waals surface area (Å²) in [5, 5.41) is 2.72. The van der Waals surface area contributed by atoms with Crippen molar-refractivity contribution in [1.29, 1.82) is 0 Å². The predicted octanol–water partition coefficient (Wildman–Crippen LogP) is 4.33. The average Bonchev–Trinajstić information content (AvgIpc) is 3.64. The van der Waals surface area contributed by atoms with Gasteiger partial charge in [0, 0.05) is 17.3 Å². The van der Waals surface area contributed by atoms with E-state index in [1.165, 1.54) is 24.5 Å². The van der Waals surface area contributed by atoms with Gasteiger partial charge in [-0.25, -0.2) is 18.4 Å². The van der Waals surface area contributed by atoms with E-state index in [-0.39, 0.29) is 16.4 Å². The Labute approximate surface area is 213 Å². The summed E-state index contributed by atoms with van der Waals surface area (Å²) in [6, 6.07) is 4.97. The largest absolute Gasteiger partial charge is 0.481 e. The Hall–Kier alpha value is -2.79. The predicted molar refractivity (Wildman–Crippen MR) is 139 cm³/mol. The van der Waals surface area contributed by atoms with Gasteiger partial charge in [-0.1, -0.05) is 43.4 Å². The number of ether oxygens (including phenoxy) is 1. The van der Waals surface area contributed by atoms with Gasteiger partial charge >= 0.3 is 0 Å². The number of rotatable bonds is 8. The lowest BCUT2D eigenvalue weighted by Crippen LogP contribution is -2.32. The van der Waals surface area contributed by atoms with Crippen LogP contribution in [0.15, 0.2) is 27.9 Å². The number of aryl methyl sites for hydroxylation is 1. The highest BCUT2D eigenvalue weighted by molar-refractivity contribution is 7.92. The van der Waals surface area contributed by atoms with Crippen molar-refractivity contribution in [2.24, 2.45) is 5.92 Å². The smallest absolute Gasteiger partial charge is 0.253 e. The first kappa shape index (κ1) is 24.9. The minimum absolute atomic E-state index is 0.00193. The Morgan fingerprint density at radius 2 is 1.94 bits per heavy atom. The molecule has 3 aromatic rings. The van der Waals surface area contributed by atoms with E-state index in [0.717, 1.165) is 32.1 Å². The topological polar surface area (TPSA) is 131 Å². The molecule has 0 bridgehead atoms. The third kappa shape index (κ3) is 5.04. The number of amides is 1. The van der Waals surface area contributed by atoms with E-state index in [2.05, 4.69) is 20.3 Å². The highest BCUT2D eigenvalue weighted by Gasteiger charge is 2.41. The maximum absolute atomic E-state index is 13.8. The van der Waals surface area contributed by atoms with Gasteiger partial charge in [-0.2, -0.15) is 0 Å². The van der Waals surface area contributed by atoms with Crippen LogP contribution in [0.1, 0.15) is 68.5 Å². The molecule has 0 radical (unpaired) electrons. The van der Waals surface area contributed by atoms with Gasteiger partial charge in [-0.05, 0) is 44.2 Å². The number of methoxy groups -OCH3 is 1. The van der Waals surface area contributed by atoms with Crippen molar-refractivity contribution < 1.29 is 17.9 Å². The Balaban J connectivity index is 1.54. The molecule has 3 aromatic heterocycles. The van der Waals surface area contributed by atoms with Crippen LogP contribution in [-0.2, 0) is 14.6 Å². The number of hydrogen-bond acceptors (Lipinski definition) is 8. The molecule has 0 saturated heterocycles. The maximum Gasteiger partial charge on any atom is 0.253 e. The molecule has 3 heterocycles. The highest BCUT2D eigenvalue weighted by Crippen LogP contribution is 2.39. The lowest BCUT2D eigenvalue weighted by atomic mass is 9.80. The molecule has 2 N–H and O–H groups in total. The van der Waals surface area contributed by atoms with Crippen molar-refractivity contribution in [2.45, 2.75) is 74.4 Å². The molecule has 0 aromatic carbocycles. The normalized spacial score (nSPS) is 17.7. The van der Waals surface area contributed by atoms with Crippen molar-refractivity contribution in [2.75, 3.05) is 12.4 Å². The van der Waals surface area contributed by atoms with Crippen LogP contribution in [0.3, 0.4) is 0 Å². The number of nitrogens with one attached hydrogen (secondary N) is 2. The third-order valence-corrected chi connectivity index (χ3v) is 10.2. The van der Waals surface area contributed by atoms with Crippen molar-refractivity contribution >= 4 is 42.6 Å². The molecule has 192 valence electrons. The zero-order chi connectivity index (χ0) is 25.4. The molecular weight excluding hydrogens is 500 g/mol. The van der Waals surface area contributed by atoms with E-state index in [0.29, 0.717) is 46.3 Å². The number of anilines is 1. The zero-order valence-corrected chi connectivity index (χ0v) is 22.0. The number of aromatic nitrogens is 3. The Morgan fingerprint density at radius 1 is 1.19 bits per heavy atom. The van der Waals surface area contributed by atoms with Gasteiger partial charge in [0.05, 0.1) is 23.2 Å². The fourth-order valence-electron chi connectivity index (χ4n) is 5.06. The summed E-state index contributed by atoms with van der Waals surface area (Å²) in [5.74, 6) is -0.642. The van der Waals surface area contributed by atoms with Gasteiger partial charge in [0.15, 0.2) is 15.0 Å². The second-order valence-electron chi connectivity index (χ2n) is 9.78. The summed E-state index contributed by atoms with van der Waals surface area (Å²) in [6.45, 7) is 1.66. The van der Waals surface area contributed by atoms with Crippen LogP contribution in [0.25, 0.3) is 10.3 Å². The van der Waals surface area contributed by atoms with Crippen LogP contribution in [0.2, 0.25) is 0 Å². The van der Waals surface area contributed by atoms with Crippen molar-refractivity contribution in [3.63, 3.8) is 0 Å². The minimum Gasteiger partial charge on any atom is -0.481 e.